The first-order chi connectivity index (χ1) is 14.7. The van der Waals surface area contributed by atoms with Gasteiger partial charge < -0.3 is 9.84 Å². The zero-order valence-corrected chi connectivity index (χ0v) is 18.4. The molecule has 1 amide bonds. The van der Waals surface area contributed by atoms with Gasteiger partial charge in [-0.3, -0.25) is 9.69 Å². The summed E-state index contributed by atoms with van der Waals surface area (Å²) in [7, 11) is 0. The maximum Gasteiger partial charge on any atom is 0.241 e. The number of rotatable bonds is 7. The first-order valence-electron chi connectivity index (χ1n) is 10.7. The van der Waals surface area contributed by atoms with E-state index in [1.165, 1.54) is 11.1 Å². The molecule has 4 rings (SSSR count). The Morgan fingerprint density at radius 2 is 2.03 bits per heavy atom. The predicted octanol–water partition coefficient (Wildman–Crippen LogP) is 4.77. The van der Waals surface area contributed by atoms with E-state index < -0.39 is 0 Å². The molecule has 1 aliphatic heterocycles. The van der Waals surface area contributed by atoms with Crippen LogP contribution in [0, 0.1) is 5.92 Å². The minimum absolute atomic E-state index is 0.0342. The summed E-state index contributed by atoms with van der Waals surface area (Å²) >= 11 is 1.59. The number of nitrogens with zero attached hydrogens (tertiary/aromatic N) is 3. The van der Waals surface area contributed by atoms with Crippen LogP contribution in [0.4, 0.5) is 5.69 Å². The number of para-hydroxylation sites is 1. The average Bonchev–Trinajstić information content (AvgIpc) is 3.46. The fraction of sp³-hybridized carbons (Fsp3) is 0.435. The highest BCUT2D eigenvalue weighted by molar-refractivity contribution is 7.13. The summed E-state index contributed by atoms with van der Waals surface area (Å²) in [6.45, 7) is 6.47. The van der Waals surface area contributed by atoms with Crippen molar-refractivity contribution in [2.45, 2.75) is 46.1 Å². The molecule has 0 aliphatic carbocycles. The molecule has 30 heavy (non-hydrogen) atoms. The summed E-state index contributed by atoms with van der Waals surface area (Å²) in [6, 6.07) is 10.2. The predicted molar refractivity (Wildman–Crippen MR) is 119 cm³/mol. The first kappa shape index (κ1) is 20.8. The fourth-order valence-corrected chi connectivity index (χ4v) is 4.71. The van der Waals surface area contributed by atoms with Gasteiger partial charge in [-0.05, 0) is 54.8 Å². The topological polar surface area (TPSA) is 71.3 Å². The summed E-state index contributed by atoms with van der Waals surface area (Å²) in [5, 5.41) is 9.33. The number of aromatic nitrogens is 2. The van der Waals surface area contributed by atoms with Crippen LogP contribution in [0.5, 0.6) is 0 Å². The largest absolute Gasteiger partial charge is 0.338 e. The number of amides is 1. The Labute approximate surface area is 181 Å². The minimum Gasteiger partial charge on any atom is -0.338 e. The zero-order valence-electron chi connectivity index (χ0n) is 17.6. The van der Waals surface area contributed by atoms with E-state index in [2.05, 4.69) is 52.4 Å². The number of thiophene rings is 1. The molecule has 3 heterocycles. The third-order valence-corrected chi connectivity index (χ3v) is 6.56. The van der Waals surface area contributed by atoms with Crippen molar-refractivity contribution in [3.63, 3.8) is 0 Å². The molecular formula is C23H28N4O2S. The normalized spacial score (nSPS) is 17.2. The van der Waals surface area contributed by atoms with Crippen LogP contribution in [0.25, 0.3) is 10.7 Å². The number of carbonyl (C=O) groups excluding carboxylic acids is 1. The minimum atomic E-state index is -0.0342. The lowest BCUT2D eigenvalue weighted by Gasteiger charge is -2.31. The molecule has 0 bridgehead atoms. The Morgan fingerprint density at radius 3 is 2.73 bits per heavy atom. The average molecular weight is 425 g/mol. The molecule has 1 atom stereocenters. The van der Waals surface area contributed by atoms with Crippen molar-refractivity contribution in [2.24, 2.45) is 5.92 Å². The van der Waals surface area contributed by atoms with Gasteiger partial charge in [0.15, 0.2) is 0 Å². The molecule has 7 heteroatoms. The molecule has 0 spiro atoms. The number of piperidine rings is 1. The molecule has 6 nitrogen and oxygen atoms in total. The van der Waals surface area contributed by atoms with Crippen LogP contribution in [0.15, 0.2) is 40.2 Å². The van der Waals surface area contributed by atoms with E-state index in [0.717, 1.165) is 42.8 Å². The van der Waals surface area contributed by atoms with Crippen molar-refractivity contribution < 1.29 is 9.32 Å². The Kier molecular flexibility index (Phi) is 6.59. The highest BCUT2D eigenvalue weighted by Crippen LogP contribution is 2.26. The summed E-state index contributed by atoms with van der Waals surface area (Å²) in [5.41, 5.74) is 3.40. The van der Waals surface area contributed by atoms with E-state index in [1.54, 1.807) is 11.3 Å². The van der Waals surface area contributed by atoms with Crippen LogP contribution in [0.3, 0.4) is 0 Å². The van der Waals surface area contributed by atoms with Crippen molar-refractivity contribution in [3.8, 4) is 10.7 Å². The van der Waals surface area contributed by atoms with E-state index in [0.29, 0.717) is 24.8 Å². The third-order valence-electron chi connectivity index (χ3n) is 5.69. The van der Waals surface area contributed by atoms with Crippen LogP contribution in [-0.2, 0) is 24.2 Å². The van der Waals surface area contributed by atoms with E-state index in [9.17, 15) is 4.79 Å². The number of hydrogen-bond donors (Lipinski definition) is 1. The van der Waals surface area contributed by atoms with Gasteiger partial charge >= 0.3 is 0 Å². The molecule has 0 radical (unpaired) electrons. The molecule has 3 aromatic rings. The maximum atomic E-state index is 13.1. The molecule has 1 N–H and O–H groups in total. The van der Waals surface area contributed by atoms with Gasteiger partial charge in [0.2, 0.25) is 17.6 Å². The highest BCUT2D eigenvalue weighted by Gasteiger charge is 2.27. The number of aryl methyl sites for hydroxylation is 2. The van der Waals surface area contributed by atoms with Crippen LogP contribution in [-0.4, -0.2) is 34.0 Å². The molecular weight excluding hydrogens is 396 g/mol. The third kappa shape index (κ3) is 4.63. The van der Waals surface area contributed by atoms with E-state index in [4.69, 9.17) is 4.52 Å². The van der Waals surface area contributed by atoms with Gasteiger partial charge in [-0.2, -0.15) is 4.98 Å². The summed E-state index contributed by atoms with van der Waals surface area (Å²) in [6.07, 6.45) is 3.70. The highest BCUT2D eigenvalue weighted by atomic mass is 32.1. The monoisotopic (exact) mass is 424 g/mol. The molecule has 2 aromatic heterocycles. The van der Waals surface area contributed by atoms with E-state index >= 15 is 0 Å². The lowest BCUT2D eigenvalue weighted by Crippen LogP contribution is -2.40. The van der Waals surface area contributed by atoms with Gasteiger partial charge in [0.25, 0.3) is 0 Å². The van der Waals surface area contributed by atoms with Crippen LogP contribution < -0.4 is 5.32 Å². The van der Waals surface area contributed by atoms with Crippen molar-refractivity contribution in [1.29, 1.82) is 0 Å². The molecule has 158 valence electrons. The molecule has 1 aliphatic rings. The lowest BCUT2D eigenvalue weighted by molar-refractivity contribution is -0.121. The second-order valence-electron chi connectivity index (χ2n) is 7.71. The van der Waals surface area contributed by atoms with Crippen LogP contribution >= 0.6 is 11.3 Å². The van der Waals surface area contributed by atoms with Gasteiger partial charge in [0.05, 0.1) is 17.3 Å². The van der Waals surface area contributed by atoms with E-state index in [1.807, 2.05) is 17.5 Å². The number of benzene rings is 1. The second kappa shape index (κ2) is 9.53. The van der Waals surface area contributed by atoms with Crippen LogP contribution in [0.2, 0.25) is 0 Å². The Hall–Kier alpha value is -2.51. The van der Waals surface area contributed by atoms with Crippen molar-refractivity contribution in [2.75, 3.05) is 18.4 Å². The van der Waals surface area contributed by atoms with Crippen molar-refractivity contribution in [1.82, 2.24) is 15.0 Å². The first-order valence-corrected chi connectivity index (χ1v) is 11.6. The molecule has 1 aromatic carbocycles. The van der Waals surface area contributed by atoms with Crippen molar-refractivity contribution >= 4 is 22.9 Å². The Balaban J connectivity index is 1.40. The molecule has 1 fully saturated rings. The number of nitrogens with one attached hydrogen (secondary N) is 1. The summed E-state index contributed by atoms with van der Waals surface area (Å²) in [5.74, 6) is 1.31. The number of carbonyl (C=O) groups is 1. The van der Waals surface area contributed by atoms with E-state index in [-0.39, 0.29) is 11.8 Å². The summed E-state index contributed by atoms with van der Waals surface area (Å²) in [4.78, 5) is 20.8. The van der Waals surface area contributed by atoms with Gasteiger partial charge in [-0.1, -0.05) is 43.3 Å². The van der Waals surface area contributed by atoms with Gasteiger partial charge in [-0.25, -0.2) is 0 Å². The second-order valence-corrected chi connectivity index (χ2v) is 8.66. The quantitative estimate of drug-likeness (QED) is 0.591. The van der Waals surface area contributed by atoms with Gasteiger partial charge in [0.1, 0.15) is 0 Å². The van der Waals surface area contributed by atoms with Gasteiger partial charge in [0, 0.05) is 12.2 Å². The number of hydrogen-bond acceptors (Lipinski definition) is 6. The van der Waals surface area contributed by atoms with Gasteiger partial charge in [-0.15, -0.1) is 11.3 Å². The number of anilines is 1. The SMILES string of the molecule is CCc1cccc(CC)c1NC(=O)C1CCCN(Cc2nc(-c3cccs3)no2)C1. The van der Waals surface area contributed by atoms with Crippen molar-refractivity contribution in [3.05, 3.63) is 52.7 Å². The zero-order chi connectivity index (χ0) is 20.9. The fourth-order valence-electron chi connectivity index (χ4n) is 4.06. The standard InChI is InChI=1S/C23H28N4O2S/c1-3-16-8-5-9-17(4-2)21(16)25-23(28)18-10-6-12-27(14-18)15-20-24-22(26-29-20)19-11-7-13-30-19/h5,7-9,11,13,18H,3-4,6,10,12,14-15H2,1-2H3,(H,25,28). The van der Waals surface area contributed by atoms with Crippen LogP contribution in [0.1, 0.15) is 43.7 Å². The molecule has 1 saturated heterocycles. The Morgan fingerprint density at radius 1 is 1.23 bits per heavy atom. The number of likely N-dealkylation sites (tertiary alicyclic amines) is 1. The summed E-state index contributed by atoms with van der Waals surface area (Å²) < 4.78 is 5.45. The smallest absolute Gasteiger partial charge is 0.241 e. The molecule has 0 saturated carbocycles. The maximum absolute atomic E-state index is 13.1. The molecule has 1 unspecified atom stereocenters. The lowest BCUT2D eigenvalue weighted by atomic mass is 9.96. The Bertz CT molecular complexity index is 961.